The number of hydrogen-bond donors (Lipinski definition) is 0. The lowest BCUT2D eigenvalue weighted by molar-refractivity contribution is -0.119. The highest BCUT2D eigenvalue weighted by atomic mass is 16.2. The molecule has 0 bridgehead atoms. The summed E-state index contributed by atoms with van der Waals surface area (Å²) in [5.74, 6) is 0.213. The summed E-state index contributed by atoms with van der Waals surface area (Å²) in [7, 11) is 0. The molecule has 0 fully saturated rings. The highest BCUT2D eigenvalue weighted by Crippen LogP contribution is 2.42. The molecule has 2 unspecified atom stereocenters. The van der Waals surface area contributed by atoms with Gasteiger partial charge in [-0.25, -0.2) is 0 Å². The van der Waals surface area contributed by atoms with E-state index < -0.39 is 0 Å². The Morgan fingerprint density at radius 3 is 1.87 bits per heavy atom. The first-order valence-electron chi connectivity index (χ1n) is 13.5. The fourth-order valence-electron chi connectivity index (χ4n) is 5.53. The van der Waals surface area contributed by atoms with Gasteiger partial charge in [0.25, 0.3) is 0 Å². The Morgan fingerprint density at radius 1 is 0.711 bits per heavy atom. The highest BCUT2D eigenvalue weighted by molar-refractivity contribution is 5.98. The largest absolute Gasteiger partial charge is 0.309 e. The van der Waals surface area contributed by atoms with Crippen LogP contribution in [0.25, 0.3) is 0 Å². The second-order valence-electron chi connectivity index (χ2n) is 9.99. The smallest absolute Gasteiger partial charge is 0.227 e. The van der Waals surface area contributed by atoms with Gasteiger partial charge in [-0.1, -0.05) is 97.1 Å². The van der Waals surface area contributed by atoms with Gasteiger partial charge in [-0.15, -0.1) is 0 Å². The Bertz CT molecular complexity index is 1360. The van der Waals surface area contributed by atoms with Crippen molar-refractivity contribution in [3.63, 3.8) is 0 Å². The van der Waals surface area contributed by atoms with Crippen molar-refractivity contribution in [2.45, 2.75) is 51.1 Å². The van der Waals surface area contributed by atoms with E-state index in [-0.39, 0.29) is 23.9 Å². The minimum absolute atomic E-state index is 0.0358. The van der Waals surface area contributed by atoms with E-state index in [2.05, 4.69) is 37.3 Å². The number of fused-ring (bicyclic) bond motifs is 1. The molecule has 0 aromatic heterocycles. The predicted octanol–water partition coefficient (Wildman–Crippen LogP) is 7.15. The number of nitrogens with zero attached hydrogens (tertiary/aromatic N) is 2. The lowest BCUT2D eigenvalue weighted by Gasteiger charge is -2.43. The van der Waals surface area contributed by atoms with E-state index in [1.807, 2.05) is 94.7 Å². The van der Waals surface area contributed by atoms with Gasteiger partial charge in [-0.05, 0) is 61.1 Å². The summed E-state index contributed by atoms with van der Waals surface area (Å²) in [4.78, 5) is 31.3. The zero-order valence-electron chi connectivity index (χ0n) is 21.9. The van der Waals surface area contributed by atoms with Gasteiger partial charge < -0.3 is 9.80 Å². The van der Waals surface area contributed by atoms with Gasteiger partial charge in [0.15, 0.2) is 0 Å². The molecule has 0 radical (unpaired) electrons. The summed E-state index contributed by atoms with van der Waals surface area (Å²) in [6.45, 7) is 2.10. The molecule has 1 heterocycles. The van der Waals surface area contributed by atoms with Crippen LogP contribution >= 0.6 is 0 Å². The first-order chi connectivity index (χ1) is 18.6. The van der Waals surface area contributed by atoms with Gasteiger partial charge >= 0.3 is 0 Å². The summed E-state index contributed by atoms with van der Waals surface area (Å²) in [5, 5.41) is 0. The summed E-state index contributed by atoms with van der Waals surface area (Å²) in [5.41, 5.74) is 5.14. The van der Waals surface area contributed by atoms with Crippen molar-refractivity contribution in [3.05, 3.63) is 132 Å². The summed E-state index contributed by atoms with van der Waals surface area (Å²) < 4.78 is 0. The number of benzene rings is 4. The van der Waals surface area contributed by atoms with Crippen molar-refractivity contribution in [2.24, 2.45) is 0 Å². The van der Waals surface area contributed by atoms with E-state index in [9.17, 15) is 9.59 Å². The van der Waals surface area contributed by atoms with Crippen molar-refractivity contribution in [1.82, 2.24) is 0 Å². The molecule has 4 heteroatoms. The molecule has 0 spiro atoms. The van der Waals surface area contributed by atoms with Gasteiger partial charge in [-0.2, -0.15) is 0 Å². The highest BCUT2D eigenvalue weighted by Gasteiger charge is 2.38. The molecule has 4 nitrogen and oxygen atoms in total. The van der Waals surface area contributed by atoms with E-state index >= 15 is 0 Å². The maximum atomic E-state index is 13.9. The molecule has 2 atom stereocenters. The van der Waals surface area contributed by atoms with Crippen LogP contribution < -0.4 is 9.80 Å². The molecule has 1 aliphatic heterocycles. The fourth-order valence-corrected chi connectivity index (χ4v) is 5.53. The molecule has 38 heavy (non-hydrogen) atoms. The van der Waals surface area contributed by atoms with Crippen molar-refractivity contribution >= 4 is 23.2 Å². The Labute approximate surface area is 225 Å². The number of aryl methyl sites for hydroxylation is 2. The molecule has 0 aliphatic carbocycles. The van der Waals surface area contributed by atoms with Crippen LogP contribution in [0.15, 0.2) is 115 Å². The van der Waals surface area contributed by atoms with E-state index in [1.54, 1.807) is 0 Å². The van der Waals surface area contributed by atoms with E-state index in [1.165, 1.54) is 0 Å². The van der Waals surface area contributed by atoms with Crippen molar-refractivity contribution in [2.75, 3.05) is 9.80 Å². The lowest BCUT2D eigenvalue weighted by Crippen LogP contribution is -2.48. The first-order valence-corrected chi connectivity index (χ1v) is 13.5. The molecule has 0 saturated carbocycles. The molecule has 192 valence electrons. The van der Waals surface area contributed by atoms with Crippen LogP contribution in [-0.4, -0.2) is 17.9 Å². The van der Waals surface area contributed by atoms with Gasteiger partial charge in [0.2, 0.25) is 11.8 Å². The molecule has 5 rings (SSSR count). The number of amides is 2. The molecule has 4 aromatic carbocycles. The van der Waals surface area contributed by atoms with Crippen LogP contribution in [-0.2, 0) is 22.4 Å². The number of rotatable bonds is 8. The van der Waals surface area contributed by atoms with E-state index in [4.69, 9.17) is 0 Å². The maximum Gasteiger partial charge on any atom is 0.227 e. The Balaban J connectivity index is 1.43. The molecular weight excluding hydrogens is 468 g/mol. The van der Waals surface area contributed by atoms with Crippen LogP contribution in [0.2, 0.25) is 0 Å². The SMILES string of the molecule is CC1CC(N(C(=O)CCc2ccccc2)c2ccccc2)c2ccccc2N1C(=O)CCc1ccccc1. The second kappa shape index (κ2) is 11.9. The third-order valence-corrected chi connectivity index (χ3v) is 7.38. The van der Waals surface area contributed by atoms with Crippen LogP contribution in [0.5, 0.6) is 0 Å². The van der Waals surface area contributed by atoms with E-state index in [0.717, 1.165) is 28.1 Å². The minimum atomic E-state index is -0.148. The van der Waals surface area contributed by atoms with Crippen molar-refractivity contribution in [3.8, 4) is 0 Å². The number of carbonyl (C=O) groups excluding carboxylic acids is 2. The van der Waals surface area contributed by atoms with Gasteiger partial charge in [-0.3, -0.25) is 9.59 Å². The fraction of sp³-hybridized carbons (Fsp3) is 0.235. The zero-order chi connectivity index (χ0) is 26.3. The Hall–Kier alpha value is -4.18. The van der Waals surface area contributed by atoms with Crippen LogP contribution in [0.3, 0.4) is 0 Å². The summed E-state index contributed by atoms with van der Waals surface area (Å²) in [6, 6.07) is 38.1. The molecule has 2 amide bonds. The number of para-hydroxylation sites is 2. The minimum Gasteiger partial charge on any atom is -0.309 e. The maximum absolute atomic E-state index is 13.9. The van der Waals surface area contributed by atoms with Crippen LogP contribution in [0.1, 0.15) is 48.9 Å². The summed E-state index contributed by atoms with van der Waals surface area (Å²) >= 11 is 0. The van der Waals surface area contributed by atoms with Crippen LogP contribution in [0, 0.1) is 0 Å². The third-order valence-electron chi connectivity index (χ3n) is 7.38. The zero-order valence-corrected chi connectivity index (χ0v) is 21.9. The Kier molecular flexibility index (Phi) is 7.98. The van der Waals surface area contributed by atoms with E-state index in [0.29, 0.717) is 32.1 Å². The van der Waals surface area contributed by atoms with Gasteiger partial charge in [0.1, 0.15) is 0 Å². The monoisotopic (exact) mass is 502 g/mol. The molecular formula is C34H34N2O2. The second-order valence-corrected chi connectivity index (χ2v) is 9.99. The molecule has 0 N–H and O–H groups in total. The van der Waals surface area contributed by atoms with Crippen LogP contribution in [0.4, 0.5) is 11.4 Å². The number of carbonyl (C=O) groups is 2. The average molecular weight is 503 g/mol. The predicted molar refractivity (Wildman–Crippen MR) is 154 cm³/mol. The van der Waals surface area contributed by atoms with Crippen molar-refractivity contribution in [1.29, 1.82) is 0 Å². The topological polar surface area (TPSA) is 40.6 Å². The summed E-state index contributed by atoms with van der Waals surface area (Å²) in [6.07, 6.45) is 2.96. The molecule has 0 saturated heterocycles. The van der Waals surface area contributed by atoms with Gasteiger partial charge in [0, 0.05) is 30.3 Å². The van der Waals surface area contributed by atoms with Crippen molar-refractivity contribution < 1.29 is 9.59 Å². The lowest BCUT2D eigenvalue weighted by atomic mass is 9.89. The number of hydrogen-bond acceptors (Lipinski definition) is 2. The standard InChI is InChI=1S/C34H34N2O2/c1-26-25-32(36(29-17-9-4-10-18-29)34(38)24-22-28-15-7-3-8-16-28)30-19-11-12-20-31(30)35(26)33(37)23-21-27-13-5-2-6-14-27/h2-20,26,32H,21-25H2,1H3. The normalized spacial score (nSPS) is 16.5. The first kappa shape index (κ1) is 25.5. The molecule has 4 aromatic rings. The quantitative estimate of drug-likeness (QED) is 0.257. The Morgan fingerprint density at radius 2 is 1.24 bits per heavy atom. The third kappa shape index (κ3) is 5.70. The van der Waals surface area contributed by atoms with Gasteiger partial charge in [0.05, 0.1) is 6.04 Å². The average Bonchev–Trinajstić information content (AvgIpc) is 2.96. The number of anilines is 2. The molecule has 1 aliphatic rings.